The standard InChI is InChI=1S/C19H27N3O2/c1-13(2)9-10-20-19(24)21-17-12-22(11-14(3)4)18(23)16-8-6-5-7-15(16)17/h5-8,12-14H,9-11H2,1-4H3,(H2,20,21,24). The Morgan fingerprint density at radius 2 is 1.75 bits per heavy atom. The van der Waals surface area contributed by atoms with Crippen LogP contribution in [0.1, 0.15) is 34.1 Å². The van der Waals surface area contributed by atoms with Crippen molar-refractivity contribution in [2.45, 2.75) is 40.7 Å². The fraction of sp³-hybridized carbons (Fsp3) is 0.474. The van der Waals surface area contributed by atoms with Crippen LogP contribution in [0.4, 0.5) is 10.5 Å². The quantitative estimate of drug-likeness (QED) is 0.846. The summed E-state index contributed by atoms with van der Waals surface area (Å²) in [6, 6.07) is 7.14. The van der Waals surface area contributed by atoms with Crippen LogP contribution in [0.3, 0.4) is 0 Å². The number of carbonyl (C=O) groups excluding carboxylic acids is 1. The molecule has 0 saturated carbocycles. The van der Waals surface area contributed by atoms with Crippen LogP contribution in [0.25, 0.3) is 10.8 Å². The summed E-state index contributed by atoms with van der Waals surface area (Å²) >= 11 is 0. The smallest absolute Gasteiger partial charge is 0.319 e. The SMILES string of the molecule is CC(C)CCNC(=O)Nc1cn(CC(C)C)c(=O)c2ccccc12. The van der Waals surface area contributed by atoms with Gasteiger partial charge in [-0.05, 0) is 24.3 Å². The average molecular weight is 329 g/mol. The Morgan fingerprint density at radius 3 is 2.38 bits per heavy atom. The number of anilines is 1. The van der Waals surface area contributed by atoms with Gasteiger partial charge in [-0.1, -0.05) is 45.9 Å². The molecule has 2 rings (SSSR count). The van der Waals surface area contributed by atoms with Crippen molar-refractivity contribution < 1.29 is 4.79 Å². The first-order chi connectivity index (χ1) is 11.4. The fourth-order valence-electron chi connectivity index (χ4n) is 2.61. The lowest BCUT2D eigenvalue weighted by Crippen LogP contribution is -2.31. The lowest BCUT2D eigenvalue weighted by atomic mass is 10.1. The molecule has 24 heavy (non-hydrogen) atoms. The van der Waals surface area contributed by atoms with Gasteiger partial charge in [-0.25, -0.2) is 4.79 Å². The zero-order chi connectivity index (χ0) is 17.7. The number of fused-ring (bicyclic) bond motifs is 1. The lowest BCUT2D eigenvalue weighted by Gasteiger charge is -2.15. The number of amides is 2. The molecule has 2 N–H and O–H groups in total. The first kappa shape index (κ1) is 18.0. The van der Waals surface area contributed by atoms with Crippen LogP contribution >= 0.6 is 0 Å². The number of pyridine rings is 1. The summed E-state index contributed by atoms with van der Waals surface area (Å²) in [5, 5.41) is 7.14. The third-order valence-electron chi connectivity index (χ3n) is 3.81. The molecule has 5 heteroatoms. The third-order valence-corrected chi connectivity index (χ3v) is 3.81. The highest BCUT2D eigenvalue weighted by molar-refractivity contribution is 6.00. The Balaban J connectivity index is 2.29. The van der Waals surface area contributed by atoms with Crippen molar-refractivity contribution in [3.8, 4) is 0 Å². The molecule has 1 aromatic carbocycles. The van der Waals surface area contributed by atoms with E-state index in [1.165, 1.54) is 0 Å². The first-order valence-corrected chi connectivity index (χ1v) is 8.55. The largest absolute Gasteiger partial charge is 0.338 e. The van der Waals surface area contributed by atoms with Crippen molar-refractivity contribution in [1.82, 2.24) is 9.88 Å². The van der Waals surface area contributed by atoms with E-state index in [1.54, 1.807) is 16.8 Å². The average Bonchev–Trinajstić information content (AvgIpc) is 2.51. The molecule has 0 atom stereocenters. The normalized spacial score (nSPS) is 11.2. The molecule has 0 radical (unpaired) electrons. The molecule has 0 aliphatic carbocycles. The number of hydrogen-bond donors (Lipinski definition) is 2. The van der Waals surface area contributed by atoms with Gasteiger partial charge in [0.2, 0.25) is 0 Å². The summed E-state index contributed by atoms with van der Waals surface area (Å²) < 4.78 is 1.68. The Hall–Kier alpha value is -2.30. The third kappa shape index (κ3) is 4.60. The molecule has 2 aromatic rings. The van der Waals surface area contributed by atoms with Crippen molar-refractivity contribution >= 4 is 22.5 Å². The first-order valence-electron chi connectivity index (χ1n) is 8.55. The summed E-state index contributed by atoms with van der Waals surface area (Å²) in [6.07, 6.45) is 2.67. The highest BCUT2D eigenvalue weighted by Gasteiger charge is 2.11. The van der Waals surface area contributed by atoms with Crippen molar-refractivity contribution in [3.05, 3.63) is 40.8 Å². The van der Waals surface area contributed by atoms with Gasteiger partial charge in [0, 0.05) is 30.1 Å². The number of urea groups is 1. The van der Waals surface area contributed by atoms with E-state index in [9.17, 15) is 9.59 Å². The summed E-state index contributed by atoms with van der Waals surface area (Å²) in [7, 11) is 0. The van der Waals surface area contributed by atoms with Crippen molar-refractivity contribution in [1.29, 1.82) is 0 Å². The minimum absolute atomic E-state index is 0.0231. The Bertz CT molecular complexity index is 763. The topological polar surface area (TPSA) is 63.1 Å². The molecule has 0 aliphatic rings. The number of rotatable bonds is 6. The van der Waals surface area contributed by atoms with Gasteiger partial charge in [0.05, 0.1) is 5.69 Å². The zero-order valence-electron chi connectivity index (χ0n) is 14.9. The second-order valence-electron chi connectivity index (χ2n) is 7.00. The number of nitrogens with one attached hydrogen (secondary N) is 2. The van der Waals surface area contributed by atoms with Gasteiger partial charge in [-0.3, -0.25) is 4.79 Å². The molecular formula is C19H27N3O2. The number of nitrogens with zero attached hydrogens (tertiary/aromatic N) is 1. The van der Waals surface area contributed by atoms with Crippen LogP contribution < -0.4 is 16.2 Å². The van der Waals surface area contributed by atoms with Gasteiger partial charge in [0.15, 0.2) is 0 Å². The Labute approximate surface area is 143 Å². The van der Waals surface area contributed by atoms with Crippen LogP contribution in [0.2, 0.25) is 0 Å². The summed E-state index contributed by atoms with van der Waals surface area (Å²) in [5.74, 6) is 0.885. The monoisotopic (exact) mass is 329 g/mol. The molecule has 0 spiro atoms. The predicted octanol–water partition coefficient (Wildman–Crippen LogP) is 3.83. The second-order valence-corrected chi connectivity index (χ2v) is 7.00. The molecule has 0 saturated heterocycles. The van der Waals surface area contributed by atoms with Gasteiger partial charge in [-0.2, -0.15) is 0 Å². The molecule has 5 nitrogen and oxygen atoms in total. The van der Waals surface area contributed by atoms with Gasteiger partial charge in [-0.15, -0.1) is 0 Å². The summed E-state index contributed by atoms with van der Waals surface area (Å²) in [4.78, 5) is 24.7. The van der Waals surface area contributed by atoms with Crippen LogP contribution in [-0.2, 0) is 6.54 Å². The highest BCUT2D eigenvalue weighted by Crippen LogP contribution is 2.20. The van der Waals surface area contributed by atoms with E-state index in [4.69, 9.17) is 0 Å². The number of aromatic nitrogens is 1. The van der Waals surface area contributed by atoms with Crippen LogP contribution in [0, 0.1) is 11.8 Å². The predicted molar refractivity (Wildman–Crippen MR) is 99.5 cm³/mol. The van der Waals surface area contributed by atoms with E-state index >= 15 is 0 Å². The van der Waals surface area contributed by atoms with Gasteiger partial charge >= 0.3 is 6.03 Å². The molecule has 0 fully saturated rings. The minimum Gasteiger partial charge on any atom is -0.338 e. The Kier molecular flexibility index (Phi) is 6.01. The molecule has 1 heterocycles. The molecule has 1 aromatic heterocycles. The number of hydrogen-bond acceptors (Lipinski definition) is 2. The van der Waals surface area contributed by atoms with E-state index < -0.39 is 0 Å². The van der Waals surface area contributed by atoms with Crippen molar-refractivity contribution in [2.24, 2.45) is 11.8 Å². The van der Waals surface area contributed by atoms with Crippen molar-refractivity contribution in [2.75, 3.05) is 11.9 Å². The molecular weight excluding hydrogens is 302 g/mol. The lowest BCUT2D eigenvalue weighted by molar-refractivity contribution is 0.251. The van der Waals surface area contributed by atoms with Crippen LogP contribution in [-0.4, -0.2) is 17.1 Å². The maximum absolute atomic E-state index is 12.6. The zero-order valence-corrected chi connectivity index (χ0v) is 14.9. The highest BCUT2D eigenvalue weighted by atomic mass is 16.2. The molecule has 2 amide bonds. The molecule has 130 valence electrons. The maximum atomic E-state index is 12.6. The van der Waals surface area contributed by atoms with E-state index in [1.807, 2.05) is 18.2 Å². The van der Waals surface area contributed by atoms with Crippen molar-refractivity contribution in [3.63, 3.8) is 0 Å². The van der Waals surface area contributed by atoms with Gasteiger partial charge in [0.1, 0.15) is 0 Å². The Morgan fingerprint density at radius 1 is 1.08 bits per heavy atom. The van der Waals surface area contributed by atoms with E-state index in [0.29, 0.717) is 36.0 Å². The second kappa shape index (κ2) is 7.99. The van der Waals surface area contributed by atoms with Crippen LogP contribution in [0.5, 0.6) is 0 Å². The van der Waals surface area contributed by atoms with Gasteiger partial charge in [0.25, 0.3) is 5.56 Å². The number of carbonyl (C=O) groups is 1. The van der Waals surface area contributed by atoms with Gasteiger partial charge < -0.3 is 15.2 Å². The van der Waals surface area contributed by atoms with E-state index in [2.05, 4.69) is 38.3 Å². The molecule has 0 unspecified atom stereocenters. The summed E-state index contributed by atoms with van der Waals surface area (Å²) in [6.45, 7) is 9.62. The number of benzene rings is 1. The summed E-state index contributed by atoms with van der Waals surface area (Å²) in [5.41, 5.74) is 0.637. The van der Waals surface area contributed by atoms with Crippen LogP contribution in [0.15, 0.2) is 35.3 Å². The fourth-order valence-corrected chi connectivity index (χ4v) is 2.61. The van der Waals surface area contributed by atoms with E-state index in [0.717, 1.165) is 11.8 Å². The minimum atomic E-state index is -0.240. The van der Waals surface area contributed by atoms with E-state index in [-0.39, 0.29) is 11.6 Å². The molecule has 0 aliphatic heterocycles. The molecule has 0 bridgehead atoms. The maximum Gasteiger partial charge on any atom is 0.319 e.